The molecule has 0 aliphatic carbocycles. The van der Waals surface area contributed by atoms with Crippen molar-refractivity contribution < 1.29 is 18.7 Å². The van der Waals surface area contributed by atoms with Crippen LogP contribution in [0.25, 0.3) is 0 Å². The van der Waals surface area contributed by atoms with Gasteiger partial charge in [-0.25, -0.2) is 4.39 Å². The molecule has 0 aromatic heterocycles. The zero-order chi connectivity index (χ0) is 15.2. The van der Waals surface area contributed by atoms with Crippen molar-refractivity contribution in [1.82, 2.24) is 0 Å². The molecule has 0 bridgehead atoms. The molecule has 5 heteroatoms. The van der Waals surface area contributed by atoms with Gasteiger partial charge in [-0.2, -0.15) is 0 Å². The number of carbonyl (C=O) groups is 1. The van der Waals surface area contributed by atoms with Gasteiger partial charge in [0.1, 0.15) is 17.3 Å². The molecule has 0 aliphatic rings. The quantitative estimate of drug-likeness (QED) is 0.919. The number of nitrogens with one attached hydrogen (secondary N) is 1. The predicted octanol–water partition coefficient (Wildman–Crippen LogP) is 3.24. The van der Waals surface area contributed by atoms with E-state index in [4.69, 9.17) is 9.47 Å². The van der Waals surface area contributed by atoms with E-state index in [2.05, 4.69) is 5.32 Å². The summed E-state index contributed by atoms with van der Waals surface area (Å²) in [6.45, 7) is 1.59. The molecular formula is C16H16FNO3. The van der Waals surface area contributed by atoms with Crippen LogP contribution in [0.4, 0.5) is 10.1 Å². The lowest BCUT2D eigenvalue weighted by atomic mass is 10.2. The van der Waals surface area contributed by atoms with Crippen molar-refractivity contribution in [1.29, 1.82) is 0 Å². The van der Waals surface area contributed by atoms with Gasteiger partial charge in [0.15, 0.2) is 6.10 Å². The summed E-state index contributed by atoms with van der Waals surface area (Å²) in [7, 11) is 1.53. The van der Waals surface area contributed by atoms with E-state index >= 15 is 0 Å². The Morgan fingerprint density at radius 1 is 1.19 bits per heavy atom. The maximum absolute atomic E-state index is 13.1. The zero-order valence-corrected chi connectivity index (χ0v) is 11.8. The van der Waals surface area contributed by atoms with Crippen LogP contribution in [0.3, 0.4) is 0 Å². The summed E-state index contributed by atoms with van der Waals surface area (Å²) < 4.78 is 23.6. The fourth-order valence-electron chi connectivity index (χ4n) is 1.78. The third-order valence-electron chi connectivity index (χ3n) is 2.84. The Balaban J connectivity index is 2.02. The van der Waals surface area contributed by atoms with Crippen LogP contribution in [0.2, 0.25) is 0 Å². The van der Waals surface area contributed by atoms with Crippen LogP contribution >= 0.6 is 0 Å². The number of rotatable bonds is 5. The Morgan fingerprint density at radius 3 is 2.67 bits per heavy atom. The van der Waals surface area contributed by atoms with Crippen molar-refractivity contribution in [2.75, 3.05) is 12.4 Å². The van der Waals surface area contributed by atoms with Gasteiger partial charge in [0, 0.05) is 6.07 Å². The number of methoxy groups -OCH3 is 1. The van der Waals surface area contributed by atoms with Gasteiger partial charge in [0.25, 0.3) is 5.91 Å². The molecule has 1 unspecified atom stereocenters. The molecule has 0 spiro atoms. The van der Waals surface area contributed by atoms with Crippen LogP contribution in [0, 0.1) is 5.82 Å². The smallest absolute Gasteiger partial charge is 0.265 e. The molecule has 1 N–H and O–H groups in total. The van der Waals surface area contributed by atoms with E-state index in [-0.39, 0.29) is 5.91 Å². The van der Waals surface area contributed by atoms with Gasteiger partial charge in [-0.3, -0.25) is 4.79 Å². The maximum atomic E-state index is 13.1. The Hall–Kier alpha value is -2.56. The van der Waals surface area contributed by atoms with Crippen molar-refractivity contribution in [3.8, 4) is 11.5 Å². The fraction of sp³-hybridized carbons (Fsp3) is 0.188. The molecule has 0 saturated carbocycles. The van der Waals surface area contributed by atoms with E-state index in [9.17, 15) is 9.18 Å². The lowest BCUT2D eigenvalue weighted by Crippen LogP contribution is -2.30. The third-order valence-corrected chi connectivity index (χ3v) is 2.84. The first kappa shape index (κ1) is 14.8. The topological polar surface area (TPSA) is 47.6 Å². The maximum Gasteiger partial charge on any atom is 0.265 e. The molecule has 0 heterocycles. The number of amides is 1. The molecule has 21 heavy (non-hydrogen) atoms. The van der Waals surface area contributed by atoms with Crippen molar-refractivity contribution in [3.05, 3.63) is 54.3 Å². The molecule has 0 aliphatic heterocycles. The van der Waals surface area contributed by atoms with E-state index in [1.165, 1.54) is 25.3 Å². The lowest BCUT2D eigenvalue weighted by Gasteiger charge is -2.16. The molecule has 1 amide bonds. The van der Waals surface area contributed by atoms with Gasteiger partial charge in [-0.1, -0.05) is 18.2 Å². The highest BCUT2D eigenvalue weighted by Crippen LogP contribution is 2.23. The van der Waals surface area contributed by atoms with Crippen molar-refractivity contribution in [2.45, 2.75) is 13.0 Å². The minimum Gasteiger partial charge on any atom is -0.495 e. The Labute approximate surface area is 122 Å². The van der Waals surface area contributed by atoms with Crippen LogP contribution in [-0.4, -0.2) is 19.1 Å². The van der Waals surface area contributed by atoms with E-state index < -0.39 is 11.9 Å². The van der Waals surface area contributed by atoms with Crippen LogP contribution in [0.15, 0.2) is 48.5 Å². The second-order valence-electron chi connectivity index (χ2n) is 4.41. The van der Waals surface area contributed by atoms with Gasteiger partial charge in [0.2, 0.25) is 0 Å². The Morgan fingerprint density at radius 2 is 1.95 bits per heavy atom. The van der Waals surface area contributed by atoms with Gasteiger partial charge in [-0.15, -0.1) is 0 Å². The Kier molecular flexibility index (Phi) is 4.77. The molecule has 110 valence electrons. The zero-order valence-electron chi connectivity index (χ0n) is 11.8. The minimum atomic E-state index is -0.767. The van der Waals surface area contributed by atoms with Crippen LogP contribution in [0.1, 0.15) is 6.92 Å². The number of halogens is 1. The number of para-hydroxylation sites is 2. The number of ether oxygens (including phenoxy) is 2. The average Bonchev–Trinajstić information content (AvgIpc) is 2.47. The number of carbonyl (C=O) groups excluding carboxylic acids is 1. The van der Waals surface area contributed by atoms with Gasteiger partial charge >= 0.3 is 0 Å². The second kappa shape index (κ2) is 6.74. The van der Waals surface area contributed by atoms with Crippen molar-refractivity contribution in [2.24, 2.45) is 0 Å². The average molecular weight is 289 g/mol. The van der Waals surface area contributed by atoms with Gasteiger partial charge < -0.3 is 14.8 Å². The number of hydrogen-bond acceptors (Lipinski definition) is 3. The van der Waals surface area contributed by atoms with Crippen molar-refractivity contribution in [3.63, 3.8) is 0 Å². The number of hydrogen-bond donors (Lipinski definition) is 1. The second-order valence-corrected chi connectivity index (χ2v) is 4.41. The van der Waals surface area contributed by atoms with E-state index in [1.807, 2.05) is 0 Å². The van der Waals surface area contributed by atoms with Crippen LogP contribution in [0.5, 0.6) is 11.5 Å². The summed E-state index contributed by atoms with van der Waals surface area (Å²) >= 11 is 0. The lowest BCUT2D eigenvalue weighted by molar-refractivity contribution is -0.122. The third kappa shape index (κ3) is 3.95. The van der Waals surface area contributed by atoms with Gasteiger partial charge in [-0.05, 0) is 31.2 Å². The Bertz CT molecular complexity index is 630. The highest BCUT2D eigenvalue weighted by atomic mass is 19.1. The summed E-state index contributed by atoms with van der Waals surface area (Å²) in [6.07, 6.45) is -0.767. The summed E-state index contributed by atoms with van der Waals surface area (Å²) in [5.74, 6) is 0.107. The molecule has 1 atom stereocenters. The standard InChI is InChI=1S/C16H16FNO3/c1-11(21-13-7-5-6-12(17)10-13)16(19)18-14-8-3-4-9-15(14)20-2/h3-11H,1-2H3,(H,18,19). The molecule has 0 saturated heterocycles. The number of anilines is 1. The molecule has 2 aromatic rings. The minimum absolute atomic E-state index is 0.303. The number of benzene rings is 2. The summed E-state index contributed by atoms with van der Waals surface area (Å²) in [5.41, 5.74) is 0.555. The highest BCUT2D eigenvalue weighted by Gasteiger charge is 2.16. The van der Waals surface area contributed by atoms with Gasteiger partial charge in [0.05, 0.1) is 12.8 Å². The molecule has 2 aromatic carbocycles. The van der Waals surface area contributed by atoms with E-state index in [0.717, 1.165) is 0 Å². The first-order valence-electron chi connectivity index (χ1n) is 6.46. The summed E-state index contributed by atoms with van der Waals surface area (Å²) in [4.78, 5) is 12.1. The fourth-order valence-corrected chi connectivity index (χ4v) is 1.78. The molecular weight excluding hydrogens is 273 g/mol. The van der Waals surface area contributed by atoms with E-state index in [0.29, 0.717) is 17.2 Å². The van der Waals surface area contributed by atoms with Crippen LogP contribution in [-0.2, 0) is 4.79 Å². The van der Waals surface area contributed by atoms with E-state index in [1.54, 1.807) is 37.3 Å². The normalized spacial score (nSPS) is 11.6. The summed E-state index contributed by atoms with van der Waals surface area (Å²) in [5, 5.41) is 2.71. The first-order valence-corrected chi connectivity index (χ1v) is 6.46. The molecule has 0 radical (unpaired) electrons. The molecule has 2 rings (SSSR count). The predicted molar refractivity (Wildman–Crippen MR) is 78.1 cm³/mol. The molecule has 4 nitrogen and oxygen atoms in total. The SMILES string of the molecule is COc1ccccc1NC(=O)C(C)Oc1cccc(F)c1. The highest BCUT2D eigenvalue weighted by molar-refractivity contribution is 5.95. The van der Waals surface area contributed by atoms with Crippen LogP contribution < -0.4 is 14.8 Å². The monoisotopic (exact) mass is 289 g/mol. The van der Waals surface area contributed by atoms with Crippen molar-refractivity contribution >= 4 is 11.6 Å². The molecule has 0 fully saturated rings. The first-order chi connectivity index (χ1) is 10.1. The summed E-state index contributed by atoms with van der Waals surface area (Å²) in [6, 6.07) is 12.7. The largest absolute Gasteiger partial charge is 0.495 e.